The van der Waals surface area contributed by atoms with Crippen molar-refractivity contribution in [1.82, 2.24) is 9.21 Å². The monoisotopic (exact) mass is 511 g/mol. The van der Waals surface area contributed by atoms with Crippen LogP contribution in [0.4, 0.5) is 10.5 Å². The van der Waals surface area contributed by atoms with E-state index in [2.05, 4.69) is 27.8 Å². The predicted molar refractivity (Wildman–Crippen MR) is 139 cm³/mol. The van der Waals surface area contributed by atoms with E-state index in [1.807, 2.05) is 18.2 Å². The Balaban J connectivity index is 1.37. The molecular weight excluding hydrogens is 482 g/mol. The summed E-state index contributed by atoms with van der Waals surface area (Å²) in [6.45, 7) is 2.41. The van der Waals surface area contributed by atoms with E-state index in [0.29, 0.717) is 11.3 Å². The first kappa shape index (κ1) is 25.3. The number of ether oxygens (including phenoxy) is 1. The van der Waals surface area contributed by atoms with Crippen LogP contribution in [0.1, 0.15) is 24.0 Å². The number of likely N-dealkylation sites (tertiary alicyclic amines) is 1. The first-order valence-corrected chi connectivity index (χ1v) is 12.9. The highest BCUT2D eigenvalue weighted by molar-refractivity contribution is 7.90. The molecule has 1 heterocycles. The van der Waals surface area contributed by atoms with Crippen molar-refractivity contribution < 1.29 is 23.1 Å². The zero-order chi connectivity index (χ0) is 25.9. The van der Waals surface area contributed by atoms with E-state index in [9.17, 15) is 13.2 Å². The average Bonchev–Trinajstić information content (AvgIpc) is 2.85. The van der Waals surface area contributed by atoms with Gasteiger partial charge in [0.15, 0.2) is 0 Å². The second-order valence-electron chi connectivity index (χ2n) is 8.76. The lowest BCUT2D eigenvalue weighted by Crippen LogP contribution is -2.38. The number of anilines is 1. The summed E-state index contributed by atoms with van der Waals surface area (Å²) in [6, 6.07) is 18.6. The summed E-state index contributed by atoms with van der Waals surface area (Å²) in [5, 5.41) is 18.8. The Morgan fingerprint density at radius 1 is 1.14 bits per heavy atom. The van der Waals surface area contributed by atoms with Crippen LogP contribution < -0.4 is 15.2 Å². The highest BCUT2D eigenvalue weighted by atomic mass is 32.2. The Morgan fingerprint density at radius 2 is 1.83 bits per heavy atom. The van der Waals surface area contributed by atoms with E-state index in [1.165, 1.54) is 11.6 Å². The van der Waals surface area contributed by atoms with Gasteiger partial charge in [0.25, 0.3) is 0 Å². The molecule has 1 saturated heterocycles. The maximum atomic E-state index is 12.3. The van der Waals surface area contributed by atoms with Crippen LogP contribution in [0.15, 0.2) is 60.7 Å². The molecule has 1 fully saturated rings. The number of nitrogen functional groups attached to an aromatic ring is 1. The van der Waals surface area contributed by atoms with Crippen molar-refractivity contribution in [1.29, 1.82) is 5.41 Å². The first-order valence-electron chi connectivity index (χ1n) is 11.5. The highest BCUT2D eigenvalue weighted by Crippen LogP contribution is 2.29. The molecular formula is C25H29N5O5S. The van der Waals surface area contributed by atoms with Gasteiger partial charge in [0.1, 0.15) is 17.7 Å². The molecule has 1 aliphatic heterocycles. The molecule has 0 aliphatic carbocycles. The SMILES string of the molecule is CN(C(=O)O)S(=O)(=O)Nc1ccccc1OC1CCN(Cc2ccc3ccc(C(=N)N)cc3c2)CC1. The molecule has 3 aromatic rings. The normalized spacial score (nSPS) is 14.9. The van der Waals surface area contributed by atoms with Crippen LogP contribution in [0.2, 0.25) is 0 Å². The standard InChI is InChI=1S/C25H29N5O5S/c1-29(25(31)32)36(33,34)28-22-4-2-3-5-23(22)35-21-10-12-30(13-11-21)16-17-6-7-18-8-9-19(24(26)27)15-20(18)14-17/h2-9,14-15,21,28H,10-13,16H2,1H3,(H3,26,27)(H,31,32). The molecule has 5 N–H and O–H groups in total. The Labute approximate surface area is 210 Å². The zero-order valence-corrected chi connectivity index (χ0v) is 20.7. The molecule has 0 atom stereocenters. The zero-order valence-electron chi connectivity index (χ0n) is 19.8. The van der Waals surface area contributed by atoms with Crippen LogP contribution >= 0.6 is 0 Å². The summed E-state index contributed by atoms with van der Waals surface area (Å²) in [7, 11) is -3.31. The Bertz CT molecular complexity index is 1390. The second kappa shape index (κ2) is 10.4. The number of piperidine rings is 1. The molecule has 4 rings (SSSR count). The predicted octanol–water partition coefficient (Wildman–Crippen LogP) is 3.43. The van der Waals surface area contributed by atoms with Crippen molar-refractivity contribution in [3.05, 3.63) is 71.8 Å². The number of fused-ring (bicyclic) bond motifs is 1. The fourth-order valence-electron chi connectivity index (χ4n) is 4.15. The number of nitrogens with one attached hydrogen (secondary N) is 2. The second-order valence-corrected chi connectivity index (χ2v) is 10.5. The summed E-state index contributed by atoms with van der Waals surface area (Å²) < 4.78 is 33.2. The van der Waals surface area contributed by atoms with Gasteiger partial charge in [-0.1, -0.05) is 36.4 Å². The summed E-state index contributed by atoms with van der Waals surface area (Å²) in [4.78, 5) is 13.4. The minimum absolute atomic E-state index is 0.0488. The molecule has 190 valence electrons. The average molecular weight is 512 g/mol. The van der Waals surface area contributed by atoms with Crippen molar-refractivity contribution >= 4 is 38.6 Å². The number of carbonyl (C=O) groups is 1. The topological polar surface area (TPSA) is 149 Å². The smallest absolute Gasteiger partial charge is 0.422 e. The van der Waals surface area contributed by atoms with Crippen LogP contribution in [-0.2, 0) is 16.8 Å². The molecule has 0 unspecified atom stereocenters. The number of rotatable bonds is 8. The molecule has 10 nitrogen and oxygen atoms in total. The molecule has 0 saturated carbocycles. The Hall–Kier alpha value is -3.83. The maximum Gasteiger partial charge on any atom is 0.422 e. The van der Waals surface area contributed by atoms with Gasteiger partial charge in [-0.2, -0.15) is 12.7 Å². The summed E-state index contributed by atoms with van der Waals surface area (Å²) in [6.07, 6.45) is -0.158. The molecule has 0 radical (unpaired) electrons. The number of benzene rings is 3. The van der Waals surface area contributed by atoms with Gasteiger partial charge < -0.3 is 15.6 Å². The fraction of sp³-hybridized carbons (Fsp3) is 0.280. The molecule has 3 aromatic carbocycles. The molecule has 1 aliphatic rings. The summed E-state index contributed by atoms with van der Waals surface area (Å²) in [5.41, 5.74) is 7.69. The minimum atomic E-state index is -4.27. The van der Waals surface area contributed by atoms with E-state index < -0.39 is 16.3 Å². The molecule has 0 bridgehead atoms. The number of para-hydroxylation sites is 2. The Kier molecular flexibility index (Phi) is 7.32. The molecule has 0 spiro atoms. The molecule has 11 heteroatoms. The number of hydrogen-bond acceptors (Lipinski definition) is 6. The number of amidine groups is 1. The number of carboxylic acid groups (broad SMARTS) is 1. The molecule has 0 aromatic heterocycles. The van der Waals surface area contributed by atoms with Crippen molar-refractivity contribution in [2.75, 3.05) is 24.9 Å². The van der Waals surface area contributed by atoms with Gasteiger partial charge in [-0.3, -0.25) is 15.0 Å². The van der Waals surface area contributed by atoms with Crippen LogP contribution in [0.25, 0.3) is 10.8 Å². The highest BCUT2D eigenvalue weighted by Gasteiger charge is 2.25. The van der Waals surface area contributed by atoms with Gasteiger partial charge in [0, 0.05) is 32.2 Å². The maximum absolute atomic E-state index is 12.3. The van der Waals surface area contributed by atoms with Crippen LogP contribution in [0.3, 0.4) is 0 Å². The quantitative estimate of drug-likeness (QED) is 0.267. The third-order valence-corrected chi connectivity index (χ3v) is 7.56. The number of hydrogen-bond donors (Lipinski definition) is 4. The number of amides is 1. The van der Waals surface area contributed by atoms with Gasteiger partial charge in [0.05, 0.1) is 5.69 Å². The van der Waals surface area contributed by atoms with Crippen molar-refractivity contribution in [3.63, 3.8) is 0 Å². The molecule has 36 heavy (non-hydrogen) atoms. The van der Waals surface area contributed by atoms with E-state index in [4.69, 9.17) is 21.0 Å². The van der Waals surface area contributed by atoms with E-state index in [-0.39, 0.29) is 21.9 Å². The third kappa shape index (κ3) is 5.86. The van der Waals surface area contributed by atoms with Crippen molar-refractivity contribution in [3.8, 4) is 5.75 Å². The van der Waals surface area contributed by atoms with Gasteiger partial charge in [-0.05, 0) is 53.4 Å². The fourth-order valence-corrected chi connectivity index (χ4v) is 4.94. The summed E-state index contributed by atoms with van der Waals surface area (Å²) in [5.74, 6) is 0.404. The van der Waals surface area contributed by atoms with E-state index in [1.54, 1.807) is 18.2 Å². The van der Waals surface area contributed by atoms with Gasteiger partial charge in [-0.15, -0.1) is 0 Å². The minimum Gasteiger partial charge on any atom is -0.488 e. The van der Waals surface area contributed by atoms with Gasteiger partial charge in [-0.25, -0.2) is 4.79 Å². The van der Waals surface area contributed by atoms with Crippen molar-refractivity contribution in [2.24, 2.45) is 5.73 Å². The van der Waals surface area contributed by atoms with Crippen LogP contribution in [0.5, 0.6) is 5.75 Å². The van der Waals surface area contributed by atoms with E-state index in [0.717, 1.165) is 50.3 Å². The Morgan fingerprint density at radius 3 is 2.53 bits per heavy atom. The van der Waals surface area contributed by atoms with Crippen LogP contribution in [0, 0.1) is 5.41 Å². The van der Waals surface area contributed by atoms with Gasteiger partial charge >= 0.3 is 16.3 Å². The lowest BCUT2D eigenvalue weighted by atomic mass is 10.0. The molecule has 1 amide bonds. The largest absolute Gasteiger partial charge is 0.488 e. The summed E-state index contributed by atoms with van der Waals surface area (Å²) >= 11 is 0. The van der Waals surface area contributed by atoms with Crippen molar-refractivity contribution in [2.45, 2.75) is 25.5 Å². The van der Waals surface area contributed by atoms with Gasteiger partial charge in [0.2, 0.25) is 0 Å². The lowest BCUT2D eigenvalue weighted by Gasteiger charge is -2.32. The van der Waals surface area contributed by atoms with E-state index >= 15 is 0 Å². The lowest BCUT2D eigenvalue weighted by molar-refractivity contribution is 0.0974. The number of nitrogens with two attached hydrogens (primary N) is 1. The first-order chi connectivity index (χ1) is 17.1. The number of nitrogens with zero attached hydrogens (tertiary/aromatic N) is 2. The van der Waals surface area contributed by atoms with Crippen LogP contribution in [-0.4, -0.2) is 60.9 Å². The third-order valence-electron chi connectivity index (χ3n) is 6.21.